The SMILES string of the molecule is CC(C)(c1ccc(OCCO)cc1)c1ccc(OCCO)cc1.CC(c1ccccc1)(c1ccc(OCCO)cc1)c1ccc(OCCO)cc1. The van der Waals surface area contributed by atoms with Crippen LogP contribution >= 0.6 is 0 Å². The molecule has 5 rings (SSSR count). The summed E-state index contributed by atoms with van der Waals surface area (Å²) in [6.07, 6.45) is 0. The zero-order valence-electron chi connectivity index (χ0n) is 29.7. The van der Waals surface area contributed by atoms with Gasteiger partial charge in [0.15, 0.2) is 0 Å². The third-order valence-electron chi connectivity index (χ3n) is 8.81. The Labute approximate surface area is 301 Å². The predicted octanol–water partition coefficient (Wildman–Crippen LogP) is 6.54. The Hall–Kier alpha value is -4.86. The number of benzene rings is 5. The van der Waals surface area contributed by atoms with Crippen LogP contribution in [0.15, 0.2) is 127 Å². The largest absolute Gasteiger partial charge is 0.491 e. The quantitative estimate of drug-likeness (QED) is 0.0812. The molecule has 0 fully saturated rings. The lowest BCUT2D eigenvalue weighted by Crippen LogP contribution is -2.25. The van der Waals surface area contributed by atoms with Crippen LogP contribution in [-0.4, -0.2) is 73.3 Å². The van der Waals surface area contributed by atoms with E-state index in [0.29, 0.717) is 13.2 Å². The van der Waals surface area contributed by atoms with Crippen molar-refractivity contribution in [2.45, 2.75) is 31.6 Å². The predicted molar refractivity (Wildman–Crippen MR) is 200 cm³/mol. The minimum absolute atomic E-state index is 0.00577. The standard InChI is InChI=1S/C24H26O4.C19H24O4/c1-24(19-5-3-2-4-6-19,20-7-11-22(12-8-20)27-17-15-25)21-9-13-23(14-10-21)28-18-16-26;1-19(2,15-3-7-17(8-4-15)22-13-11-20)16-5-9-18(10-6-16)23-14-12-21/h2-14,25-26H,15-18H2,1H3;3-10,20-21H,11-14H2,1-2H3. The summed E-state index contributed by atoms with van der Waals surface area (Å²) < 4.78 is 21.8. The van der Waals surface area contributed by atoms with Crippen molar-refractivity contribution >= 4 is 0 Å². The zero-order chi connectivity index (χ0) is 36.5. The van der Waals surface area contributed by atoms with Gasteiger partial charge in [0.25, 0.3) is 0 Å². The van der Waals surface area contributed by atoms with E-state index in [1.165, 1.54) is 16.7 Å². The number of aliphatic hydroxyl groups excluding tert-OH is 4. The molecule has 0 aromatic heterocycles. The summed E-state index contributed by atoms with van der Waals surface area (Å²) in [5, 5.41) is 35.4. The summed E-state index contributed by atoms with van der Waals surface area (Å²) in [5.74, 6) is 2.99. The first-order valence-electron chi connectivity index (χ1n) is 17.2. The molecular formula is C43H50O8. The Morgan fingerprint density at radius 2 is 0.608 bits per heavy atom. The average molecular weight is 695 g/mol. The van der Waals surface area contributed by atoms with E-state index >= 15 is 0 Å². The van der Waals surface area contributed by atoms with Gasteiger partial charge in [-0.1, -0.05) is 92.7 Å². The van der Waals surface area contributed by atoms with Crippen LogP contribution < -0.4 is 18.9 Å². The normalized spacial score (nSPS) is 11.3. The van der Waals surface area contributed by atoms with Crippen LogP contribution in [-0.2, 0) is 10.8 Å². The Bertz CT molecular complexity index is 1580. The molecule has 0 atom stereocenters. The molecule has 0 aliphatic rings. The van der Waals surface area contributed by atoms with Crippen molar-refractivity contribution in [2.24, 2.45) is 0 Å². The van der Waals surface area contributed by atoms with Crippen LogP contribution in [0.2, 0.25) is 0 Å². The topological polar surface area (TPSA) is 118 Å². The van der Waals surface area contributed by atoms with Crippen molar-refractivity contribution in [3.05, 3.63) is 155 Å². The fourth-order valence-electron chi connectivity index (χ4n) is 5.80. The molecule has 0 saturated carbocycles. The van der Waals surface area contributed by atoms with Crippen molar-refractivity contribution in [1.82, 2.24) is 0 Å². The minimum atomic E-state index is -0.355. The highest BCUT2D eigenvalue weighted by Crippen LogP contribution is 2.40. The molecule has 0 heterocycles. The van der Waals surface area contributed by atoms with Crippen LogP contribution in [0.5, 0.6) is 23.0 Å². The van der Waals surface area contributed by atoms with E-state index in [1.54, 1.807) is 0 Å². The maximum atomic E-state index is 8.94. The summed E-state index contributed by atoms with van der Waals surface area (Å²) in [6, 6.07) is 42.2. The van der Waals surface area contributed by atoms with Gasteiger partial charge in [0.1, 0.15) is 49.4 Å². The van der Waals surface area contributed by atoms with Crippen molar-refractivity contribution in [3.63, 3.8) is 0 Å². The summed E-state index contributed by atoms with van der Waals surface area (Å²) in [5.41, 5.74) is 5.31. The Balaban J connectivity index is 0.000000233. The molecule has 5 aromatic rings. The maximum absolute atomic E-state index is 8.94. The van der Waals surface area contributed by atoms with E-state index < -0.39 is 0 Å². The van der Waals surface area contributed by atoms with E-state index in [2.05, 4.69) is 57.2 Å². The molecule has 0 spiro atoms. The molecule has 51 heavy (non-hydrogen) atoms. The van der Waals surface area contributed by atoms with E-state index in [9.17, 15) is 0 Å². The number of aliphatic hydroxyl groups is 4. The maximum Gasteiger partial charge on any atom is 0.119 e. The third-order valence-corrected chi connectivity index (χ3v) is 8.81. The minimum Gasteiger partial charge on any atom is -0.491 e. The van der Waals surface area contributed by atoms with E-state index in [-0.39, 0.29) is 50.5 Å². The van der Waals surface area contributed by atoms with Crippen molar-refractivity contribution < 1.29 is 39.4 Å². The van der Waals surface area contributed by atoms with Crippen molar-refractivity contribution in [3.8, 4) is 23.0 Å². The highest BCUT2D eigenvalue weighted by atomic mass is 16.5. The van der Waals surface area contributed by atoms with Gasteiger partial charge >= 0.3 is 0 Å². The van der Waals surface area contributed by atoms with Crippen LogP contribution in [0.25, 0.3) is 0 Å². The summed E-state index contributed by atoms with van der Waals surface area (Å²) in [7, 11) is 0. The number of ether oxygens (including phenoxy) is 4. The van der Waals surface area contributed by atoms with E-state index in [4.69, 9.17) is 39.4 Å². The van der Waals surface area contributed by atoms with Crippen molar-refractivity contribution in [2.75, 3.05) is 52.9 Å². The monoisotopic (exact) mass is 694 g/mol. The highest BCUT2D eigenvalue weighted by Gasteiger charge is 2.31. The van der Waals surface area contributed by atoms with Gasteiger partial charge in [-0.2, -0.15) is 0 Å². The first-order chi connectivity index (χ1) is 24.8. The first-order valence-corrected chi connectivity index (χ1v) is 17.2. The van der Waals surface area contributed by atoms with Gasteiger partial charge in [-0.25, -0.2) is 0 Å². The van der Waals surface area contributed by atoms with Gasteiger partial charge in [0, 0.05) is 10.8 Å². The Kier molecular flexibility index (Phi) is 14.9. The van der Waals surface area contributed by atoms with Gasteiger partial charge in [-0.05, 0) is 83.3 Å². The molecule has 270 valence electrons. The van der Waals surface area contributed by atoms with Crippen LogP contribution in [0.4, 0.5) is 0 Å². The lowest BCUT2D eigenvalue weighted by atomic mass is 9.71. The summed E-state index contributed by atoms with van der Waals surface area (Å²) in [4.78, 5) is 0. The smallest absolute Gasteiger partial charge is 0.119 e. The fraction of sp³-hybridized carbons (Fsp3) is 0.302. The second kappa shape index (κ2) is 19.5. The van der Waals surface area contributed by atoms with Crippen LogP contribution in [0, 0.1) is 0 Å². The van der Waals surface area contributed by atoms with Gasteiger partial charge in [0.05, 0.1) is 26.4 Å². The lowest BCUT2D eigenvalue weighted by molar-refractivity contribution is 0.201. The summed E-state index contributed by atoms with van der Waals surface area (Å²) in [6.45, 7) is 7.72. The Morgan fingerprint density at radius 3 is 0.882 bits per heavy atom. The molecule has 5 aromatic carbocycles. The van der Waals surface area contributed by atoms with E-state index in [1.807, 2.05) is 91.0 Å². The number of hydrogen-bond donors (Lipinski definition) is 4. The van der Waals surface area contributed by atoms with E-state index in [0.717, 1.165) is 34.1 Å². The highest BCUT2D eigenvalue weighted by molar-refractivity contribution is 5.51. The molecule has 8 heteroatoms. The van der Waals surface area contributed by atoms with Crippen LogP contribution in [0.1, 0.15) is 48.6 Å². The Morgan fingerprint density at radius 1 is 0.353 bits per heavy atom. The molecule has 0 saturated heterocycles. The van der Waals surface area contributed by atoms with Gasteiger partial charge < -0.3 is 39.4 Å². The molecule has 4 N–H and O–H groups in total. The molecule has 0 radical (unpaired) electrons. The van der Waals surface area contributed by atoms with Gasteiger partial charge in [-0.15, -0.1) is 0 Å². The third kappa shape index (κ3) is 10.6. The molecule has 8 nitrogen and oxygen atoms in total. The zero-order valence-corrected chi connectivity index (χ0v) is 29.7. The second-order valence-electron chi connectivity index (χ2n) is 12.5. The molecule has 0 unspecified atom stereocenters. The van der Waals surface area contributed by atoms with Crippen LogP contribution in [0.3, 0.4) is 0 Å². The molecule has 0 aliphatic carbocycles. The fourth-order valence-corrected chi connectivity index (χ4v) is 5.80. The lowest BCUT2D eigenvalue weighted by Gasteiger charge is -2.32. The molecule has 0 aliphatic heterocycles. The number of hydrogen-bond acceptors (Lipinski definition) is 8. The van der Waals surface area contributed by atoms with Crippen molar-refractivity contribution in [1.29, 1.82) is 0 Å². The molecule has 0 bridgehead atoms. The first kappa shape index (κ1) is 38.9. The summed E-state index contributed by atoms with van der Waals surface area (Å²) >= 11 is 0. The second-order valence-corrected chi connectivity index (χ2v) is 12.5. The molecular weight excluding hydrogens is 644 g/mol. The van der Waals surface area contributed by atoms with Gasteiger partial charge in [0.2, 0.25) is 0 Å². The number of rotatable bonds is 17. The molecule has 0 amide bonds. The van der Waals surface area contributed by atoms with Gasteiger partial charge in [-0.3, -0.25) is 0 Å². The average Bonchev–Trinajstić information content (AvgIpc) is 3.18.